The molecule has 0 aromatic rings. The molecule has 2 aliphatic rings. The number of fused-ring (bicyclic) bond motifs is 1. The van der Waals surface area contributed by atoms with Gasteiger partial charge in [-0.15, -0.1) is 11.3 Å². The maximum absolute atomic E-state index is 11.1. The number of thiophene rings is 1. The van der Waals surface area contributed by atoms with Crippen molar-refractivity contribution in [2.75, 3.05) is 0 Å². The van der Waals surface area contributed by atoms with Gasteiger partial charge in [-0.05, 0) is 11.6 Å². The standard InChI is InChI=1S/C9H6OS/c10-9-8-5-3-1-2-4-7(8)6-11-9/h1-6H. The second-order valence-corrected chi connectivity index (χ2v) is 3.15. The fourth-order valence-corrected chi connectivity index (χ4v) is 1.78. The highest BCUT2D eigenvalue weighted by atomic mass is 32.1. The SMILES string of the molecule is O=c1scc2cccccc1-2. The predicted octanol–water partition coefficient (Wildman–Crippen LogP) is 2.21. The molecule has 0 spiro atoms. The lowest BCUT2D eigenvalue weighted by Gasteiger charge is -1.83. The molecule has 11 heavy (non-hydrogen) atoms. The largest absolute Gasteiger partial charge is 0.277 e. The van der Waals surface area contributed by atoms with Gasteiger partial charge in [0.2, 0.25) is 4.74 Å². The van der Waals surface area contributed by atoms with Gasteiger partial charge in [0.1, 0.15) is 0 Å². The van der Waals surface area contributed by atoms with Crippen LogP contribution in [0.3, 0.4) is 0 Å². The van der Waals surface area contributed by atoms with Crippen LogP contribution in [0.2, 0.25) is 0 Å². The molecule has 1 aliphatic carbocycles. The molecule has 2 rings (SSSR count). The molecular weight excluding hydrogens is 156 g/mol. The van der Waals surface area contributed by atoms with E-state index in [1.54, 1.807) is 0 Å². The van der Waals surface area contributed by atoms with Gasteiger partial charge in [0.05, 0.1) is 0 Å². The lowest BCUT2D eigenvalue weighted by atomic mass is 10.2. The van der Waals surface area contributed by atoms with E-state index < -0.39 is 0 Å². The zero-order valence-electron chi connectivity index (χ0n) is 5.78. The van der Waals surface area contributed by atoms with E-state index in [1.807, 2.05) is 35.7 Å². The molecule has 1 aliphatic heterocycles. The topological polar surface area (TPSA) is 17.1 Å². The predicted molar refractivity (Wildman–Crippen MR) is 47.2 cm³/mol. The van der Waals surface area contributed by atoms with Gasteiger partial charge >= 0.3 is 0 Å². The van der Waals surface area contributed by atoms with E-state index in [4.69, 9.17) is 0 Å². The highest BCUT2D eigenvalue weighted by molar-refractivity contribution is 7.08. The molecular formula is C9H6OS. The number of hydrogen-bond acceptors (Lipinski definition) is 2. The number of rotatable bonds is 0. The average Bonchev–Trinajstić information content (AvgIpc) is 2.25. The first-order valence-electron chi connectivity index (χ1n) is 3.34. The molecule has 1 nitrogen and oxygen atoms in total. The first-order chi connectivity index (χ1) is 5.38. The van der Waals surface area contributed by atoms with Crippen LogP contribution in [0.5, 0.6) is 0 Å². The van der Waals surface area contributed by atoms with Crippen LogP contribution in [0.4, 0.5) is 0 Å². The van der Waals surface area contributed by atoms with Crippen molar-refractivity contribution in [3.05, 3.63) is 45.2 Å². The Bertz CT molecular complexity index is 391. The van der Waals surface area contributed by atoms with E-state index in [0.29, 0.717) is 0 Å². The Morgan fingerprint density at radius 1 is 1.09 bits per heavy atom. The minimum absolute atomic E-state index is 0.149. The van der Waals surface area contributed by atoms with Crippen molar-refractivity contribution >= 4 is 11.3 Å². The fourth-order valence-electron chi connectivity index (χ4n) is 1.03. The molecule has 0 aromatic heterocycles. The van der Waals surface area contributed by atoms with Crippen molar-refractivity contribution < 1.29 is 0 Å². The van der Waals surface area contributed by atoms with E-state index in [1.165, 1.54) is 11.3 Å². The van der Waals surface area contributed by atoms with Crippen molar-refractivity contribution in [3.63, 3.8) is 0 Å². The second kappa shape index (κ2) is 2.47. The first kappa shape index (κ1) is 6.55. The summed E-state index contributed by atoms with van der Waals surface area (Å²) in [5, 5.41) is 1.89. The van der Waals surface area contributed by atoms with E-state index in [0.717, 1.165) is 11.1 Å². The maximum Gasteiger partial charge on any atom is 0.240 e. The third-order valence-electron chi connectivity index (χ3n) is 1.58. The summed E-state index contributed by atoms with van der Waals surface area (Å²) in [4.78, 5) is 11.1. The maximum atomic E-state index is 11.1. The summed E-state index contributed by atoms with van der Waals surface area (Å²) in [5.41, 5.74) is 1.85. The smallest absolute Gasteiger partial charge is 0.240 e. The van der Waals surface area contributed by atoms with Crippen LogP contribution in [0, 0.1) is 0 Å². The van der Waals surface area contributed by atoms with Crippen molar-refractivity contribution in [2.24, 2.45) is 0 Å². The summed E-state index contributed by atoms with van der Waals surface area (Å²) >= 11 is 1.26. The quantitative estimate of drug-likeness (QED) is 0.580. The summed E-state index contributed by atoms with van der Waals surface area (Å²) in [6, 6.07) is 9.55. The van der Waals surface area contributed by atoms with Gasteiger partial charge in [-0.2, -0.15) is 0 Å². The monoisotopic (exact) mass is 162 g/mol. The first-order valence-corrected chi connectivity index (χ1v) is 4.22. The van der Waals surface area contributed by atoms with Gasteiger partial charge in [-0.25, -0.2) is 0 Å². The van der Waals surface area contributed by atoms with Gasteiger partial charge in [-0.3, -0.25) is 4.79 Å². The molecule has 2 heteroatoms. The van der Waals surface area contributed by atoms with E-state index in [9.17, 15) is 4.79 Å². The molecule has 0 bridgehead atoms. The van der Waals surface area contributed by atoms with Crippen molar-refractivity contribution in [2.45, 2.75) is 0 Å². The van der Waals surface area contributed by atoms with Crippen LogP contribution < -0.4 is 4.74 Å². The van der Waals surface area contributed by atoms with Crippen molar-refractivity contribution in [1.82, 2.24) is 0 Å². The summed E-state index contributed by atoms with van der Waals surface area (Å²) < 4.78 is 0.149. The Morgan fingerprint density at radius 3 is 2.82 bits per heavy atom. The van der Waals surface area contributed by atoms with Gasteiger partial charge in [0, 0.05) is 10.9 Å². The van der Waals surface area contributed by atoms with Gasteiger partial charge in [0.15, 0.2) is 0 Å². The van der Waals surface area contributed by atoms with Crippen LogP contribution >= 0.6 is 11.3 Å². The Morgan fingerprint density at radius 2 is 1.91 bits per heavy atom. The summed E-state index contributed by atoms with van der Waals surface area (Å²) in [5.74, 6) is 0. The zero-order valence-corrected chi connectivity index (χ0v) is 6.60. The normalized spacial score (nSPS) is 10.2. The average molecular weight is 162 g/mol. The van der Waals surface area contributed by atoms with Crippen LogP contribution in [0.1, 0.15) is 0 Å². The molecule has 0 saturated carbocycles. The highest BCUT2D eigenvalue weighted by Crippen LogP contribution is 2.18. The minimum atomic E-state index is 0.149. The fraction of sp³-hybridized carbons (Fsp3) is 0. The van der Waals surface area contributed by atoms with Crippen LogP contribution in [0.15, 0.2) is 40.5 Å². The van der Waals surface area contributed by atoms with Gasteiger partial charge in [-0.1, -0.05) is 24.3 Å². The van der Waals surface area contributed by atoms with E-state index in [-0.39, 0.29) is 4.74 Å². The van der Waals surface area contributed by atoms with Crippen molar-refractivity contribution in [1.29, 1.82) is 0 Å². The Kier molecular flexibility index (Phi) is 1.47. The summed E-state index contributed by atoms with van der Waals surface area (Å²) in [7, 11) is 0. The third-order valence-corrected chi connectivity index (χ3v) is 2.39. The molecule has 0 unspecified atom stereocenters. The molecule has 1 heterocycles. The molecule has 0 fully saturated rings. The van der Waals surface area contributed by atoms with Gasteiger partial charge < -0.3 is 0 Å². The van der Waals surface area contributed by atoms with E-state index in [2.05, 4.69) is 0 Å². The molecule has 0 saturated heterocycles. The lowest BCUT2D eigenvalue weighted by Crippen LogP contribution is -1.88. The van der Waals surface area contributed by atoms with Crippen LogP contribution in [-0.4, -0.2) is 0 Å². The summed E-state index contributed by atoms with van der Waals surface area (Å²) in [6.45, 7) is 0. The third kappa shape index (κ3) is 1.05. The van der Waals surface area contributed by atoms with Crippen molar-refractivity contribution in [3.8, 4) is 11.1 Å². The second-order valence-electron chi connectivity index (χ2n) is 2.30. The lowest BCUT2D eigenvalue weighted by molar-refractivity contribution is 1.77. The molecule has 0 aromatic carbocycles. The summed E-state index contributed by atoms with van der Waals surface area (Å²) in [6.07, 6.45) is 0. The molecule has 0 amide bonds. The molecule has 0 radical (unpaired) electrons. The Balaban J connectivity index is 2.86. The minimum Gasteiger partial charge on any atom is -0.277 e. The molecule has 54 valence electrons. The zero-order chi connectivity index (χ0) is 7.68. The van der Waals surface area contributed by atoms with Crippen LogP contribution in [0.25, 0.3) is 11.1 Å². The Labute approximate surface area is 68.3 Å². The highest BCUT2D eigenvalue weighted by Gasteiger charge is 2.03. The van der Waals surface area contributed by atoms with E-state index >= 15 is 0 Å². The van der Waals surface area contributed by atoms with Crippen LogP contribution in [-0.2, 0) is 0 Å². The van der Waals surface area contributed by atoms with Gasteiger partial charge in [0.25, 0.3) is 0 Å². The molecule has 0 atom stereocenters. The number of hydrogen-bond donors (Lipinski definition) is 0. The molecule has 0 N–H and O–H groups in total. The Hall–Kier alpha value is -1.15.